The lowest BCUT2D eigenvalue weighted by atomic mass is 9.92. The molecule has 0 spiro atoms. The summed E-state index contributed by atoms with van der Waals surface area (Å²) in [4.78, 5) is 38.2. The van der Waals surface area contributed by atoms with E-state index in [2.05, 4.69) is 34.1 Å². The molecule has 2 N–H and O–H groups in total. The highest BCUT2D eigenvalue weighted by molar-refractivity contribution is 6.14. The predicted molar refractivity (Wildman–Crippen MR) is 110 cm³/mol. The standard InChI is InChI=1S/C22H22N4O4/c1-22(19(28)15-27,21(30)23-2)26(4)20(29)18-11-9-16(10-12-18)7-5-6-8-17-13-24-25(3)14-17/h9-14,27H,15H2,1-4H3,(H,23,30). The highest BCUT2D eigenvalue weighted by Crippen LogP contribution is 2.19. The summed E-state index contributed by atoms with van der Waals surface area (Å²) in [6.45, 7) is 0.430. The summed E-state index contributed by atoms with van der Waals surface area (Å²) in [7, 11) is 4.50. The zero-order valence-corrected chi connectivity index (χ0v) is 17.2. The van der Waals surface area contributed by atoms with Gasteiger partial charge in [-0.15, -0.1) is 0 Å². The van der Waals surface area contributed by atoms with Crippen LogP contribution >= 0.6 is 0 Å². The third-order valence-corrected chi connectivity index (χ3v) is 4.64. The topological polar surface area (TPSA) is 105 Å². The van der Waals surface area contributed by atoms with Crippen molar-refractivity contribution < 1.29 is 19.5 Å². The number of aromatic nitrogens is 2. The molecule has 1 unspecified atom stereocenters. The Morgan fingerprint density at radius 1 is 1.17 bits per heavy atom. The molecule has 154 valence electrons. The molecule has 2 amide bonds. The highest BCUT2D eigenvalue weighted by Gasteiger charge is 2.46. The third kappa shape index (κ3) is 4.75. The summed E-state index contributed by atoms with van der Waals surface area (Å²) in [5, 5.41) is 15.6. The van der Waals surface area contributed by atoms with Gasteiger partial charge in [-0.2, -0.15) is 5.10 Å². The molecule has 30 heavy (non-hydrogen) atoms. The lowest BCUT2D eigenvalue weighted by Crippen LogP contribution is -2.62. The van der Waals surface area contributed by atoms with Crippen LogP contribution in [0.4, 0.5) is 0 Å². The van der Waals surface area contributed by atoms with Crippen molar-refractivity contribution >= 4 is 17.6 Å². The van der Waals surface area contributed by atoms with Gasteiger partial charge < -0.3 is 15.3 Å². The monoisotopic (exact) mass is 406 g/mol. The molecule has 1 heterocycles. The molecule has 2 aromatic rings. The number of benzene rings is 1. The van der Waals surface area contributed by atoms with Crippen LogP contribution in [0.5, 0.6) is 0 Å². The fourth-order valence-corrected chi connectivity index (χ4v) is 2.65. The van der Waals surface area contributed by atoms with Crippen molar-refractivity contribution in [3.05, 3.63) is 53.3 Å². The zero-order chi connectivity index (χ0) is 22.3. The molecular formula is C22H22N4O4. The van der Waals surface area contributed by atoms with Crippen molar-refractivity contribution in [3.8, 4) is 23.7 Å². The summed E-state index contributed by atoms with van der Waals surface area (Å²) in [6, 6.07) is 6.38. The number of aliphatic hydroxyl groups excluding tert-OH is 1. The number of hydrogen-bond donors (Lipinski definition) is 2. The Hall–Kier alpha value is -3.88. The van der Waals surface area contributed by atoms with Crippen LogP contribution in [0.1, 0.15) is 28.4 Å². The summed E-state index contributed by atoms with van der Waals surface area (Å²) in [5.74, 6) is 9.19. The van der Waals surface area contributed by atoms with Gasteiger partial charge in [0.15, 0.2) is 11.3 Å². The van der Waals surface area contributed by atoms with Crippen LogP contribution < -0.4 is 5.32 Å². The second-order valence-electron chi connectivity index (χ2n) is 6.58. The first-order valence-electron chi connectivity index (χ1n) is 8.99. The number of ketones is 1. The molecule has 0 radical (unpaired) electrons. The van der Waals surface area contributed by atoms with Gasteiger partial charge in [0.1, 0.15) is 6.61 Å². The number of carbonyl (C=O) groups excluding carboxylic acids is 3. The summed E-state index contributed by atoms with van der Waals surface area (Å²) in [5.41, 5.74) is -0.158. The van der Waals surface area contributed by atoms with Crippen molar-refractivity contribution in [2.75, 3.05) is 20.7 Å². The maximum atomic E-state index is 12.8. The van der Waals surface area contributed by atoms with Gasteiger partial charge in [-0.25, -0.2) is 0 Å². The van der Waals surface area contributed by atoms with E-state index >= 15 is 0 Å². The molecule has 2 rings (SSSR count). The molecule has 1 aromatic heterocycles. The van der Waals surface area contributed by atoms with Gasteiger partial charge in [0.05, 0.1) is 11.8 Å². The second kappa shape index (κ2) is 9.55. The smallest absolute Gasteiger partial charge is 0.254 e. The third-order valence-electron chi connectivity index (χ3n) is 4.64. The molecule has 0 saturated carbocycles. The summed E-state index contributed by atoms with van der Waals surface area (Å²) in [6.07, 6.45) is 3.42. The molecule has 0 aliphatic rings. The number of nitrogens with zero attached hydrogens (tertiary/aromatic N) is 3. The van der Waals surface area contributed by atoms with E-state index in [-0.39, 0.29) is 5.56 Å². The zero-order valence-electron chi connectivity index (χ0n) is 17.2. The number of hydrogen-bond acceptors (Lipinski definition) is 5. The molecule has 8 heteroatoms. The van der Waals surface area contributed by atoms with E-state index < -0.39 is 29.7 Å². The van der Waals surface area contributed by atoms with Gasteiger partial charge in [-0.05, 0) is 49.0 Å². The van der Waals surface area contributed by atoms with E-state index in [4.69, 9.17) is 0 Å². The molecule has 0 aliphatic heterocycles. The van der Waals surface area contributed by atoms with E-state index in [0.29, 0.717) is 5.56 Å². The Morgan fingerprint density at radius 2 is 1.77 bits per heavy atom. The minimum atomic E-state index is -1.83. The Bertz CT molecular complexity index is 1060. The average Bonchev–Trinajstić information content (AvgIpc) is 3.19. The summed E-state index contributed by atoms with van der Waals surface area (Å²) >= 11 is 0. The molecule has 0 fully saturated rings. The van der Waals surface area contributed by atoms with E-state index in [9.17, 15) is 19.5 Å². The maximum Gasteiger partial charge on any atom is 0.254 e. The molecule has 0 aliphatic carbocycles. The minimum Gasteiger partial charge on any atom is -0.388 e. The van der Waals surface area contributed by atoms with Gasteiger partial charge in [-0.1, -0.05) is 5.92 Å². The molecule has 8 nitrogen and oxygen atoms in total. The number of aliphatic hydroxyl groups is 1. The molecule has 0 bridgehead atoms. The van der Waals surface area contributed by atoms with Crippen LogP contribution in [0.2, 0.25) is 0 Å². The number of likely N-dealkylation sites (N-methyl/N-ethyl adjacent to an activating group) is 2. The first-order valence-corrected chi connectivity index (χ1v) is 8.99. The van der Waals surface area contributed by atoms with Crippen LogP contribution in [0, 0.1) is 23.7 Å². The number of carbonyl (C=O) groups is 3. The lowest BCUT2D eigenvalue weighted by Gasteiger charge is -2.35. The van der Waals surface area contributed by atoms with E-state index in [1.165, 1.54) is 21.0 Å². The Labute approximate surface area is 174 Å². The average molecular weight is 406 g/mol. The van der Waals surface area contributed by atoms with Crippen molar-refractivity contribution in [1.82, 2.24) is 20.0 Å². The highest BCUT2D eigenvalue weighted by atomic mass is 16.3. The lowest BCUT2D eigenvalue weighted by molar-refractivity contribution is -0.143. The van der Waals surface area contributed by atoms with Crippen molar-refractivity contribution in [2.45, 2.75) is 12.5 Å². The van der Waals surface area contributed by atoms with Gasteiger partial charge in [-0.3, -0.25) is 19.1 Å². The van der Waals surface area contributed by atoms with Crippen LogP contribution in [-0.4, -0.2) is 63.6 Å². The van der Waals surface area contributed by atoms with Crippen LogP contribution in [-0.2, 0) is 16.6 Å². The van der Waals surface area contributed by atoms with Gasteiger partial charge in [0.2, 0.25) is 0 Å². The van der Waals surface area contributed by atoms with E-state index in [0.717, 1.165) is 10.5 Å². The quantitative estimate of drug-likeness (QED) is 0.536. The maximum absolute atomic E-state index is 12.8. The number of aryl methyl sites for hydroxylation is 1. The van der Waals surface area contributed by atoms with Crippen molar-refractivity contribution in [2.24, 2.45) is 7.05 Å². The van der Waals surface area contributed by atoms with E-state index in [1.807, 2.05) is 0 Å². The SMILES string of the molecule is CNC(=O)C(C)(C(=O)CO)N(C)C(=O)c1ccc(C#CC#Cc2cnn(C)c2)cc1. The summed E-state index contributed by atoms with van der Waals surface area (Å²) < 4.78 is 1.65. The van der Waals surface area contributed by atoms with E-state index in [1.54, 1.807) is 48.4 Å². The number of nitrogens with one attached hydrogen (secondary N) is 1. The van der Waals surface area contributed by atoms with Gasteiger partial charge >= 0.3 is 0 Å². The van der Waals surface area contributed by atoms with Crippen LogP contribution in [0.3, 0.4) is 0 Å². The van der Waals surface area contributed by atoms with Crippen molar-refractivity contribution in [1.29, 1.82) is 0 Å². The minimum absolute atomic E-state index is 0.269. The predicted octanol–water partition coefficient (Wildman–Crippen LogP) is -0.0386. The normalized spacial score (nSPS) is 11.8. The molecule has 0 saturated heterocycles. The van der Waals surface area contributed by atoms with Crippen molar-refractivity contribution in [3.63, 3.8) is 0 Å². The Kier molecular flexibility index (Phi) is 7.13. The number of rotatable bonds is 5. The molecular weight excluding hydrogens is 384 g/mol. The first kappa shape index (κ1) is 22.4. The fourth-order valence-electron chi connectivity index (χ4n) is 2.65. The Morgan fingerprint density at radius 3 is 2.27 bits per heavy atom. The molecule has 1 atom stereocenters. The Balaban J connectivity index is 2.18. The number of Topliss-reactive ketones (excluding diaryl/α,β-unsaturated/α-hetero) is 1. The number of amides is 2. The fraction of sp³-hybridized carbons (Fsp3) is 0.273. The largest absolute Gasteiger partial charge is 0.388 e. The first-order chi connectivity index (χ1) is 14.2. The second-order valence-corrected chi connectivity index (χ2v) is 6.58. The van der Waals surface area contributed by atoms with Gasteiger partial charge in [0, 0.05) is 38.5 Å². The van der Waals surface area contributed by atoms with Gasteiger partial charge in [0.25, 0.3) is 11.8 Å². The van der Waals surface area contributed by atoms with Crippen LogP contribution in [0.15, 0.2) is 36.7 Å². The molecule has 1 aromatic carbocycles. The van der Waals surface area contributed by atoms with Crippen LogP contribution in [0.25, 0.3) is 0 Å².